The highest BCUT2D eigenvalue weighted by Gasteiger charge is 2.30. The number of anilines is 1. The van der Waals surface area contributed by atoms with Crippen molar-refractivity contribution in [1.29, 1.82) is 0 Å². The molecule has 0 unspecified atom stereocenters. The van der Waals surface area contributed by atoms with Crippen molar-refractivity contribution in [1.82, 2.24) is 24.2 Å². The molecule has 4 heterocycles. The molecular formula is C22H26N6O2. The van der Waals surface area contributed by atoms with Crippen molar-refractivity contribution in [3.05, 3.63) is 53.2 Å². The number of carbonyl (C=O) groups excluding carboxylic acids is 1. The molecule has 2 aromatic heterocycles. The number of rotatable bonds is 4. The van der Waals surface area contributed by atoms with E-state index in [0.717, 1.165) is 49.1 Å². The van der Waals surface area contributed by atoms with Crippen LogP contribution in [-0.4, -0.2) is 56.3 Å². The first-order valence-electron chi connectivity index (χ1n) is 10.7. The quantitative estimate of drug-likeness (QED) is 0.664. The Labute approximate surface area is 174 Å². The zero-order valence-corrected chi connectivity index (χ0v) is 17.1. The number of piperidine rings is 1. The van der Waals surface area contributed by atoms with Crippen molar-refractivity contribution in [2.75, 3.05) is 31.1 Å². The topological polar surface area (TPSA) is 76.3 Å². The maximum Gasteiger partial charge on any atom is 0.269 e. The van der Waals surface area contributed by atoms with Crippen LogP contribution < -0.4 is 10.5 Å². The van der Waals surface area contributed by atoms with Gasteiger partial charge in [0.15, 0.2) is 0 Å². The third-order valence-corrected chi connectivity index (χ3v) is 6.34. The van der Waals surface area contributed by atoms with Gasteiger partial charge in [0.2, 0.25) is 5.91 Å². The summed E-state index contributed by atoms with van der Waals surface area (Å²) in [5.74, 6) is 0.0492. The molecule has 2 aliphatic rings. The zero-order valence-electron chi connectivity index (χ0n) is 17.1. The Hall–Kier alpha value is -3.16. The minimum Gasteiger partial charge on any atom is -0.370 e. The molecular weight excluding hydrogens is 380 g/mol. The summed E-state index contributed by atoms with van der Waals surface area (Å²) < 4.78 is 3.48. The molecule has 8 nitrogen and oxygen atoms in total. The molecule has 1 aromatic carbocycles. The van der Waals surface area contributed by atoms with E-state index in [2.05, 4.69) is 15.0 Å². The van der Waals surface area contributed by atoms with Gasteiger partial charge in [0, 0.05) is 32.2 Å². The number of imidazole rings is 1. The second-order valence-corrected chi connectivity index (χ2v) is 8.23. The second-order valence-electron chi connectivity index (χ2n) is 8.23. The number of nitrogens with zero attached hydrogens (tertiary/aromatic N) is 6. The Bertz CT molecular complexity index is 1130. The molecule has 30 heavy (non-hydrogen) atoms. The molecule has 156 valence electrons. The van der Waals surface area contributed by atoms with Crippen LogP contribution in [0.1, 0.15) is 38.3 Å². The number of benzene rings is 1. The van der Waals surface area contributed by atoms with E-state index in [1.807, 2.05) is 40.7 Å². The number of aromatic nitrogens is 4. The summed E-state index contributed by atoms with van der Waals surface area (Å²) >= 11 is 0. The molecule has 0 aliphatic carbocycles. The average Bonchev–Trinajstić information content (AvgIpc) is 3.16. The largest absolute Gasteiger partial charge is 0.370 e. The standard InChI is InChI=1S/C22H26N6O2/c1-16(27-15-23-19-7-2-3-8-20(19)27)22(30)26-9-4-6-17(14-26)28-21(29)12-18(13-24-28)25-10-5-11-25/h2-3,7-8,12-13,15-17H,4-6,9-11,14H2,1H3/t16-,17-/m1/s1. The number of fused-ring (bicyclic) bond motifs is 1. The van der Waals surface area contributed by atoms with Gasteiger partial charge in [-0.2, -0.15) is 5.10 Å². The predicted octanol–water partition coefficient (Wildman–Crippen LogP) is 2.23. The number of amides is 1. The summed E-state index contributed by atoms with van der Waals surface area (Å²) in [5.41, 5.74) is 2.64. The van der Waals surface area contributed by atoms with Gasteiger partial charge in [-0.25, -0.2) is 9.67 Å². The fourth-order valence-corrected chi connectivity index (χ4v) is 4.45. The van der Waals surface area contributed by atoms with Gasteiger partial charge in [-0.3, -0.25) is 9.59 Å². The number of carbonyl (C=O) groups is 1. The third kappa shape index (κ3) is 3.26. The highest BCUT2D eigenvalue weighted by Crippen LogP contribution is 2.25. The molecule has 5 rings (SSSR count). The summed E-state index contributed by atoms with van der Waals surface area (Å²) in [4.78, 5) is 34.4. The van der Waals surface area contributed by atoms with E-state index in [4.69, 9.17) is 0 Å². The smallest absolute Gasteiger partial charge is 0.269 e. The van der Waals surface area contributed by atoms with E-state index < -0.39 is 0 Å². The van der Waals surface area contributed by atoms with E-state index >= 15 is 0 Å². The predicted molar refractivity (Wildman–Crippen MR) is 115 cm³/mol. The van der Waals surface area contributed by atoms with Crippen molar-refractivity contribution < 1.29 is 4.79 Å². The normalized spacial score (nSPS) is 20.2. The minimum absolute atomic E-state index is 0.0492. The van der Waals surface area contributed by atoms with Crippen LogP contribution in [0.3, 0.4) is 0 Å². The Morgan fingerprint density at radius 1 is 1.17 bits per heavy atom. The van der Waals surface area contributed by atoms with Crippen molar-refractivity contribution in [3.8, 4) is 0 Å². The molecule has 0 bridgehead atoms. The Balaban J connectivity index is 1.33. The molecule has 0 N–H and O–H groups in total. The van der Waals surface area contributed by atoms with Gasteiger partial charge in [0.1, 0.15) is 6.04 Å². The first-order chi connectivity index (χ1) is 14.6. The lowest BCUT2D eigenvalue weighted by molar-refractivity contribution is -0.136. The number of hydrogen-bond donors (Lipinski definition) is 0. The molecule has 1 amide bonds. The Kier molecular flexibility index (Phi) is 4.77. The summed E-state index contributed by atoms with van der Waals surface area (Å²) in [6.07, 6.45) is 6.38. The summed E-state index contributed by atoms with van der Waals surface area (Å²) in [6, 6.07) is 9.06. The lowest BCUT2D eigenvalue weighted by atomic mass is 10.0. The summed E-state index contributed by atoms with van der Waals surface area (Å²) in [6.45, 7) is 5.08. The van der Waals surface area contributed by atoms with Crippen LogP contribution in [-0.2, 0) is 4.79 Å². The maximum absolute atomic E-state index is 13.3. The van der Waals surface area contributed by atoms with Gasteiger partial charge >= 0.3 is 0 Å². The van der Waals surface area contributed by atoms with Gasteiger partial charge in [-0.15, -0.1) is 0 Å². The number of hydrogen-bond acceptors (Lipinski definition) is 5. The molecule has 2 saturated heterocycles. The van der Waals surface area contributed by atoms with Crippen LogP contribution in [0.15, 0.2) is 47.7 Å². The van der Waals surface area contributed by atoms with Gasteiger partial charge < -0.3 is 14.4 Å². The van der Waals surface area contributed by atoms with E-state index in [-0.39, 0.29) is 23.6 Å². The monoisotopic (exact) mass is 406 g/mol. The van der Waals surface area contributed by atoms with E-state index in [1.165, 1.54) is 0 Å². The van der Waals surface area contributed by atoms with Crippen molar-refractivity contribution >= 4 is 22.6 Å². The van der Waals surface area contributed by atoms with E-state index in [1.54, 1.807) is 23.3 Å². The summed E-state index contributed by atoms with van der Waals surface area (Å²) in [5, 5.41) is 4.44. The third-order valence-electron chi connectivity index (χ3n) is 6.34. The van der Waals surface area contributed by atoms with Crippen LogP contribution in [0.4, 0.5) is 5.69 Å². The van der Waals surface area contributed by atoms with Gasteiger partial charge in [-0.1, -0.05) is 12.1 Å². The van der Waals surface area contributed by atoms with Crippen LogP contribution in [0.2, 0.25) is 0 Å². The lowest BCUT2D eigenvalue weighted by Crippen LogP contribution is -2.46. The van der Waals surface area contributed by atoms with Crippen molar-refractivity contribution in [3.63, 3.8) is 0 Å². The second kappa shape index (κ2) is 7.59. The zero-order chi connectivity index (χ0) is 20.7. The van der Waals surface area contributed by atoms with Crippen LogP contribution in [0, 0.1) is 0 Å². The van der Waals surface area contributed by atoms with Crippen LogP contribution >= 0.6 is 0 Å². The van der Waals surface area contributed by atoms with Gasteiger partial charge in [0.25, 0.3) is 5.56 Å². The Morgan fingerprint density at radius 3 is 2.77 bits per heavy atom. The van der Waals surface area contributed by atoms with Gasteiger partial charge in [-0.05, 0) is 38.3 Å². The fraction of sp³-hybridized carbons (Fsp3) is 0.455. The Morgan fingerprint density at radius 2 is 2.00 bits per heavy atom. The fourth-order valence-electron chi connectivity index (χ4n) is 4.45. The van der Waals surface area contributed by atoms with Gasteiger partial charge in [0.05, 0.1) is 35.3 Å². The van der Waals surface area contributed by atoms with Crippen LogP contribution in [0.25, 0.3) is 11.0 Å². The van der Waals surface area contributed by atoms with E-state index in [0.29, 0.717) is 13.1 Å². The molecule has 0 saturated carbocycles. The lowest BCUT2D eigenvalue weighted by Gasteiger charge is -2.35. The highest BCUT2D eigenvalue weighted by molar-refractivity contribution is 5.83. The van der Waals surface area contributed by atoms with Crippen molar-refractivity contribution in [2.45, 2.75) is 38.3 Å². The average molecular weight is 406 g/mol. The molecule has 3 aromatic rings. The highest BCUT2D eigenvalue weighted by atomic mass is 16.2. The molecule has 0 radical (unpaired) electrons. The SMILES string of the molecule is C[C@H](C(=O)N1CCC[C@@H](n2ncc(N3CCC3)cc2=O)C1)n1cnc2ccccc21. The molecule has 8 heteroatoms. The minimum atomic E-state index is -0.352. The van der Waals surface area contributed by atoms with Crippen LogP contribution in [0.5, 0.6) is 0 Å². The molecule has 2 aliphatic heterocycles. The first kappa shape index (κ1) is 18.8. The maximum atomic E-state index is 13.3. The van der Waals surface area contributed by atoms with E-state index in [9.17, 15) is 9.59 Å². The molecule has 2 fully saturated rings. The molecule has 2 atom stereocenters. The first-order valence-corrected chi connectivity index (χ1v) is 10.7. The number of likely N-dealkylation sites (tertiary alicyclic amines) is 1. The number of para-hydroxylation sites is 2. The summed E-state index contributed by atoms with van der Waals surface area (Å²) in [7, 11) is 0. The van der Waals surface area contributed by atoms with Crippen molar-refractivity contribution in [2.24, 2.45) is 0 Å². The molecule has 0 spiro atoms.